The van der Waals surface area contributed by atoms with Crippen LogP contribution in [-0.2, 0) is 0 Å². The number of nitrogens with two attached hydrogens (primary N) is 1. The topological polar surface area (TPSA) is 46.2 Å². The van der Waals surface area contributed by atoms with Crippen molar-refractivity contribution in [2.75, 3.05) is 0 Å². The van der Waals surface area contributed by atoms with Crippen molar-refractivity contribution in [1.82, 2.24) is 0 Å². The van der Waals surface area contributed by atoms with Crippen molar-refractivity contribution in [3.63, 3.8) is 0 Å². The van der Waals surface area contributed by atoms with Gasteiger partial charge in [-0.15, -0.1) is 11.3 Å². The number of rotatable bonds is 2. The first-order chi connectivity index (χ1) is 5.11. The molecule has 0 spiro atoms. The van der Waals surface area contributed by atoms with Crippen molar-refractivity contribution in [2.45, 2.75) is 19.1 Å². The summed E-state index contributed by atoms with van der Waals surface area (Å²) >= 11 is 4.89. The minimum atomic E-state index is -0.486. The second kappa shape index (κ2) is 3.67. The number of aliphatic hydroxyl groups excluding tert-OH is 1. The Labute approximate surface area is 78.2 Å². The van der Waals surface area contributed by atoms with Crippen molar-refractivity contribution in [2.24, 2.45) is 5.73 Å². The molecule has 3 N–H and O–H groups in total. The van der Waals surface area contributed by atoms with Gasteiger partial charge >= 0.3 is 0 Å². The van der Waals surface area contributed by atoms with Crippen LogP contribution >= 0.6 is 27.3 Å². The van der Waals surface area contributed by atoms with Gasteiger partial charge in [-0.3, -0.25) is 0 Å². The van der Waals surface area contributed by atoms with Crippen LogP contribution in [0.25, 0.3) is 0 Å². The van der Waals surface area contributed by atoms with Crippen LogP contribution in [0.1, 0.15) is 17.8 Å². The van der Waals surface area contributed by atoms with Gasteiger partial charge in [0, 0.05) is 4.88 Å². The highest BCUT2D eigenvalue weighted by Gasteiger charge is 2.13. The number of thiophene rings is 1. The summed E-state index contributed by atoms with van der Waals surface area (Å²) in [4.78, 5) is 1.01. The fraction of sp³-hybridized carbons (Fsp3) is 0.429. The van der Waals surface area contributed by atoms with Gasteiger partial charge < -0.3 is 10.8 Å². The van der Waals surface area contributed by atoms with E-state index in [0.29, 0.717) is 0 Å². The molecule has 11 heavy (non-hydrogen) atoms. The molecule has 4 heteroatoms. The van der Waals surface area contributed by atoms with E-state index in [9.17, 15) is 0 Å². The van der Waals surface area contributed by atoms with Crippen molar-refractivity contribution in [3.05, 3.63) is 20.8 Å². The largest absolute Gasteiger partial charge is 0.391 e. The van der Waals surface area contributed by atoms with Crippen LogP contribution in [0, 0.1) is 0 Å². The summed E-state index contributed by atoms with van der Waals surface area (Å²) < 4.78 is 1.05. The maximum atomic E-state index is 9.15. The van der Waals surface area contributed by atoms with Gasteiger partial charge in [0.25, 0.3) is 0 Å². The van der Waals surface area contributed by atoms with E-state index in [1.54, 1.807) is 18.3 Å². The van der Waals surface area contributed by atoms with Gasteiger partial charge in [0.05, 0.1) is 15.9 Å². The van der Waals surface area contributed by atoms with E-state index < -0.39 is 6.10 Å². The molecule has 0 saturated heterocycles. The Morgan fingerprint density at radius 3 is 2.64 bits per heavy atom. The first-order valence-electron chi connectivity index (χ1n) is 3.30. The summed E-state index contributed by atoms with van der Waals surface area (Å²) in [6.45, 7) is 1.69. The maximum Gasteiger partial charge on any atom is 0.0712 e. The molecule has 0 radical (unpaired) electrons. The first-order valence-corrected chi connectivity index (χ1v) is 4.91. The predicted octanol–water partition coefficient (Wildman–Crippen LogP) is 1.89. The number of hydrogen-bond donors (Lipinski definition) is 2. The first kappa shape index (κ1) is 9.19. The van der Waals surface area contributed by atoms with Crippen molar-refractivity contribution in [3.8, 4) is 0 Å². The molecule has 62 valence electrons. The highest BCUT2D eigenvalue weighted by atomic mass is 79.9. The predicted molar refractivity (Wildman–Crippen MR) is 50.6 cm³/mol. The molecular weight excluding hydrogens is 226 g/mol. The van der Waals surface area contributed by atoms with Crippen LogP contribution in [0.3, 0.4) is 0 Å². The van der Waals surface area contributed by atoms with Gasteiger partial charge in [-0.2, -0.15) is 0 Å². The monoisotopic (exact) mass is 235 g/mol. The highest BCUT2D eigenvalue weighted by Crippen LogP contribution is 2.27. The second-order valence-corrected chi connectivity index (χ2v) is 4.90. The normalized spacial score (nSPS) is 16.4. The summed E-state index contributed by atoms with van der Waals surface area (Å²) in [5.41, 5.74) is 5.69. The standard InChI is InChI=1S/C7H10BrNOS/c1-4(10)7(9)5-2-3-6(8)11-5/h2-4,7,10H,9H2,1H3. The summed E-state index contributed by atoms with van der Waals surface area (Å²) in [6, 6.07) is 3.60. The molecule has 0 bridgehead atoms. The molecule has 1 aromatic heterocycles. The van der Waals surface area contributed by atoms with E-state index in [1.807, 2.05) is 12.1 Å². The van der Waals surface area contributed by atoms with E-state index in [-0.39, 0.29) is 6.04 Å². The lowest BCUT2D eigenvalue weighted by Crippen LogP contribution is -2.21. The molecule has 1 rings (SSSR count). The minimum Gasteiger partial charge on any atom is -0.391 e. The van der Waals surface area contributed by atoms with Crippen LogP contribution in [0.5, 0.6) is 0 Å². The zero-order chi connectivity index (χ0) is 8.43. The lowest BCUT2D eigenvalue weighted by atomic mass is 10.2. The Hall–Kier alpha value is 0.1000. The third kappa shape index (κ3) is 2.27. The van der Waals surface area contributed by atoms with Gasteiger partial charge in [-0.1, -0.05) is 0 Å². The molecule has 0 fully saturated rings. The Balaban J connectivity index is 2.76. The molecule has 2 nitrogen and oxygen atoms in total. The molecular formula is C7H10BrNOS. The van der Waals surface area contributed by atoms with E-state index in [0.717, 1.165) is 8.66 Å². The Kier molecular flexibility index (Phi) is 3.06. The summed E-state index contributed by atoms with van der Waals surface area (Å²) in [5, 5.41) is 9.15. The minimum absolute atomic E-state index is 0.258. The van der Waals surface area contributed by atoms with Gasteiger partial charge in [-0.25, -0.2) is 0 Å². The van der Waals surface area contributed by atoms with Crippen LogP contribution in [0.4, 0.5) is 0 Å². The smallest absolute Gasteiger partial charge is 0.0712 e. The molecule has 1 aromatic rings. The summed E-state index contributed by atoms with van der Waals surface area (Å²) in [5.74, 6) is 0. The highest BCUT2D eigenvalue weighted by molar-refractivity contribution is 9.11. The number of aliphatic hydroxyl groups is 1. The fourth-order valence-electron chi connectivity index (χ4n) is 0.745. The SMILES string of the molecule is CC(O)C(N)c1ccc(Br)s1. The fourth-order valence-corrected chi connectivity index (χ4v) is 2.27. The van der Waals surface area contributed by atoms with Crippen molar-refractivity contribution < 1.29 is 5.11 Å². The van der Waals surface area contributed by atoms with E-state index in [2.05, 4.69) is 15.9 Å². The molecule has 0 aliphatic heterocycles. The van der Waals surface area contributed by atoms with Crippen molar-refractivity contribution >= 4 is 27.3 Å². The average molecular weight is 236 g/mol. The lowest BCUT2D eigenvalue weighted by molar-refractivity contribution is 0.165. The molecule has 2 unspecified atom stereocenters. The molecule has 2 atom stereocenters. The molecule has 0 aliphatic rings. The van der Waals surface area contributed by atoms with Gasteiger partial charge in [0.2, 0.25) is 0 Å². The van der Waals surface area contributed by atoms with E-state index in [1.165, 1.54) is 0 Å². The van der Waals surface area contributed by atoms with Gasteiger partial charge in [0.15, 0.2) is 0 Å². The Morgan fingerprint density at radius 1 is 1.64 bits per heavy atom. The third-order valence-electron chi connectivity index (χ3n) is 1.44. The van der Waals surface area contributed by atoms with Crippen molar-refractivity contribution in [1.29, 1.82) is 0 Å². The zero-order valence-electron chi connectivity index (χ0n) is 6.12. The second-order valence-electron chi connectivity index (χ2n) is 2.41. The van der Waals surface area contributed by atoms with Crippen LogP contribution in [0.2, 0.25) is 0 Å². The molecule has 1 heterocycles. The lowest BCUT2D eigenvalue weighted by Gasteiger charge is -2.11. The van der Waals surface area contributed by atoms with E-state index in [4.69, 9.17) is 10.8 Å². The summed E-state index contributed by atoms with van der Waals surface area (Å²) in [7, 11) is 0. The van der Waals surface area contributed by atoms with E-state index >= 15 is 0 Å². The maximum absolute atomic E-state index is 9.15. The van der Waals surface area contributed by atoms with Gasteiger partial charge in [-0.05, 0) is 35.0 Å². The van der Waals surface area contributed by atoms with Crippen LogP contribution in [0.15, 0.2) is 15.9 Å². The third-order valence-corrected chi connectivity index (χ3v) is 3.17. The quantitative estimate of drug-likeness (QED) is 0.823. The molecule has 0 saturated carbocycles. The Bertz CT molecular complexity index is 236. The van der Waals surface area contributed by atoms with Crippen LogP contribution < -0.4 is 5.73 Å². The molecule has 0 aromatic carbocycles. The molecule has 0 amide bonds. The number of halogens is 1. The Morgan fingerprint density at radius 2 is 2.27 bits per heavy atom. The molecule has 0 aliphatic carbocycles. The van der Waals surface area contributed by atoms with Gasteiger partial charge in [0.1, 0.15) is 0 Å². The van der Waals surface area contributed by atoms with Crippen LogP contribution in [-0.4, -0.2) is 11.2 Å². The average Bonchev–Trinajstić information content (AvgIpc) is 2.34. The zero-order valence-corrected chi connectivity index (χ0v) is 8.52. The summed E-state index contributed by atoms with van der Waals surface area (Å²) in [6.07, 6.45) is -0.486. The number of hydrogen-bond acceptors (Lipinski definition) is 3.